The molecular weight excluding hydrogens is 246 g/mol. The van der Waals surface area contributed by atoms with Gasteiger partial charge in [0.15, 0.2) is 5.82 Å². The Bertz CT molecular complexity index is 464. The number of imidazole rings is 1. The van der Waals surface area contributed by atoms with Gasteiger partial charge in [-0.2, -0.15) is 0 Å². The Morgan fingerprint density at radius 2 is 2.21 bits per heavy atom. The van der Waals surface area contributed by atoms with E-state index in [1.165, 1.54) is 0 Å². The zero-order valence-electron chi connectivity index (χ0n) is 11.0. The molecule has 2 heterocycles. The van der Waals surface area contributed by atoms with E-state index in [-0.39, 0.29) is 18.5 Å². The lowest BCUT2D eigenvalue weighted by molar-refractivity contribution is -0.119. The van der Waals surface area contributed by atoms with Crippen LogP contribution in [0.4, 0.5) is 0 Å². The van der Waals surface area contributed by atoms with Crippen molar-refractivity contribution >= 4 is 11.8 Å². The molecule has 0 atom stereocenters. The molecule has 1 aliphatic heterocycles. The van der Waals surface area contributed by atoms with Gasteiger partial charge in [-0.25, -0.2) is 4.98 Å². The predicted molar refractivity (Wildman–Crippen MR) is 69.3 cm³/mol. The van der Waals surface area contributed by atoms with Crippen molar-refractivity contribution < 1.29 is 9.59 Å². The average molecular weight is 265 g/mol. The Labute approximate surface area is 111 Å². The number of hydrogen-bond acceptors (Lipinski definition) is 4. The fraction of sp³-hybridized carbons (Fsp3) is 0.583. The molecule has 1 aromatic heterocycles. The van der Waals surface area contributed by atoms with Crippen LogP contribution in [0.25, 0.3) is 0 Å². The van der Waals surface area contributed by atoms with Gasteiger partial charge in [0.1, 0.15) is 6.54 Å². The summed E-state index contributed by atoms with van der Waals surface area (Å²) in [7, 11) is 1.76. The number of rotatable bonds is 4. The van der Waals surface area contributed by atoms with E-state index in [4.69, 9.17) is 5.73 Å². The fourth-order valence-corrected chi connectivity index (χ4v) is 2.35. The Morgan fingerprint density at radius 3 is 2.74 bits per heavy atom. The molecular formula is C12H19N5O2. The third-order valence-corrected chi connectivity index (χ3v) is 3.35. The van der Waals surface area contributed by atoms with Crippen molar-refractivity contribution in [2.75, 3.05) is 19.6 Å². The van der Waals surface area contributed by atoms with Crippen LogP contribution in [-0.2, 0) is 11.8 Å². The van der Waals surface area contributed by atoms with Gasteiger partial charge in [0, 0.05) is 25.5 Å². The topological polar surface area (TPSA) is 93.2 Å². The summed E-state index contributed by atoms with van der Waals surface area (Å²) < 4.78 is 1.65. The third kappa shape index (κ3) is 3.11. The maximum Gasteiger partial charge on any atom is 0.290 e. The van der Waals surface area contributed by atoms with Gasteiger partial charge in [0.25, 0.3) is 5.91 Å². The first-order chi connectivity index (χ1) is 9.09. The molecule has 1 aromatic rings. The van der Waals surface area contributed by atoms with Crippen molar-refractivity contribution in [2.45, 2.75) is 18.9 Å². The molecule has 7 nitrogen and oxygen atoms in total. The van der Waals surface area contributed by atoms with Gasteiger partial charge < -0.3 is 20.5 Å². The monoisotopic (exact) mass is 265 g/mol. The lowest BCUT2D eigenvalue weighted by atomic mass is 10.0. The molecule has 0 unspecified atom stereocenters. The molecule has 0 aromatic carbocycles. The molecule has 0 radical (unpaired) electrons. The van der Waals surface area contributed by atoms with Crippen LogP contribution in [-0.4, -0.2) is 51.9 Å². The van der Waals surface area contributed by atoms with Gasteiger partial charge in [-0.1, -0.05) is 0 Å². The second kappa shape index (κ2) is 5.83. The van der Waals surface area contributed by atoms with E-state index in [0.717, 1.165) is 25.9 Å². The molecule has 0 saturated carbocycles. The molecule has 1 aliphatic rings. The highest BCUT2D eigenvalue weighted by atomic mass is 16.2. The molecule has 104 valence electrons. The smallest absolute Gasteiger partial charge is 0.290 e. The zero-order valence-corrected chi connectivity index (χ0v) is 11.0. The largest absolute Gasteiger partial charge is 0.368 e. The summed E-state index contributed by atoms with van der Waals surface area (Å²) in [5.74, 6) is -0.404. The Hall–Kier alpha value is -1.89. The molecule has 3 N–H and O–H groups in total. The number of carbonyl (C=O) groups is 2. The Balaban J connectivity index is 2.19. The quantitative estimate of drug-likeness (QED) is 0.738. The van der Waals surface area contributed by atoms with Gasteiger partial charge in [0.05, 0.1) is 0 Å². The highest BCUT2D eigenvalue weighted by Crippen LogP contribution is 2.14. The molecule has 0 spiro atoms. The lowest BCUT2D eigenvalue weighted by Gasteiger charge is -2.33. The number of aromatic nitrogens is 2. The van der Waals surface area contributed by atoms with Crippen LogP contribution >= 0.6 is 0 Å². The van der Waals surface area contributed by atoms with E-state index < -0.39 is 5.91 Å². The summed E-state index contributed by atoms with van der Waals surface area (Å²) in [5, 5.41) is 3.23. The SMILES string of the molecule is Cn1ccnc1C(=O)N(CC(N)=O)C1CCNCC1. The molecule has 1 fully saturated rings. The van der Waals surface area contributed by atoms with E-state index in [0.29, 0.717) is 5.82 Å². The van der Waals surface area contributed by atoms with Crippen molar-refractivity contribution in [1.29, 1.82) is 0 Å². The molecule has 2 amide bonds. The minimum Gasteiger partial charge on any atom is -0.368 e. The maximum absolute atomic E-state index is 12.5. The number of primary amides is 1. The maximum atomic E-state index is 12.5. The van der Waals surface area contributed by atoms with Crippen LogP contribution in [0.15, 0.2) is 12.4 Å². The second-order valence-electron chi connectivity index (χ2n) is 4.74. The molecule has 1 saturated heterocycles. The van der Waals surface area contributed by atoms with Gasteiger partial charge >= 0.3 is 0 Å². The van der Waals surface area contributed by atoms with Gasteiger partial charge in [-0.3, -0.25) is 9.59 Å². The highest BCUT2D eigenvalue weighted by Gasteiger charge is 2.29. The van der Waals surface area contributed by atoms with Crippen LogP contribution in [0.5, 0.6) is 0 Å². The van der Waals surface area contributed by atoms with E-state index in [9.17, 15) is 9.59 Å². The number of piperidine rings is 1. The minimum absolute atomic E-state index is 0.0398. The molecule has 0 aliphatic carbocycles. The van der Waals surface area contributed by atoms with Crippen molar-refractivity contribution in [2.24, 2.45) is 12.8 Å². The van der Waals surface area contributed by atoms with Gasteiger partial charge in [-0.05, 0) is 25.9 Å². The van der Waals surface area contributed by atoms with Crippen LogP contribution in [0.3, 0.4) is 0 Å². The van der Waals surface area contributed by atoms with Crippen molar-refractivity contribution in [1.82, 2.24) is 19.8 Å². The summed E-state index contributed by atoms with van der Waals surface area (Å²) in [6.07, 6.45) is 4.92. The molecule has 0 bridgehead atoms. The van der Waals surface area contributed by atoms with E-state index in [2.05, 4.69) is 10.3 Å². The van der Waals surface area contributed by atoms with E-state index in [1.54, 1.807) is 28.9 Å². The summed E-state index contributed by atoms with van der Waals surface area (Å²) in [6, 6.07) is 0.0398. The zero-order chi connectivity index (χ0) is 13.8. The first-order valence-electron chi connectivity index (χ1n) is 6.37. The number of aryl methyl sites for hydroxylation is 1. The number of nitrogens with two attached hydrogens (primary N) is 1. The molecule has 7 heteroatoms. The Kier molecular flexibility index (Phi) is 4.16. The van der Waals surface area contributed by atoms with Crippen LogP contribution in [0.1, 0.15) is 23.5 Å². The summed E-state index contributed by atoms with van der Waals surface area (Å²) in [6.45, 7) is 1.62. The third-order valence-electron chi connectivity index (χ3n) is 3.35. The van der Waals surface area contributed by atoms with Crippen LogP contribution in [0.2, 0.25) is 0 Å². The first-order valence-corrected chi connectivity index (χ1v) is 6.37. The number of nitrogens with one attached hydrogen (secondary N) is 1. The van der Waals surface area contributed by atoms with E-state index in [1.807, 2.05) is 0 Å². The number of amides is 2. The first kappa shape index (κ1) is 13.5. The predicted octanol–water partition coefficient (Wildman–Crippen LogP) is -0.900. The van der Waals surface area contributed by atoms with Crippen LogP contribution in [0, 0.1) is 0 Å². The van der Waals surface area contributed by atoms with Crippen molar-refractivity contribution in [3.63, 3.8) is 0 Å². The number of nitrogens with zero attached hydrogens (tertiary/aromatic N) is 3. The minimum atomic E-state index is -0.499. The van der Waals surface area contributed by atoms with Crippen molar-refractivity contribution in [3.8, 4) is 0 Å². The number of carbonyl (C=O) groups excluding carboxylic acids is 2. The van der Waals surface area contributed by atoms with Gasteiger partial charge in [-0.15, -0.1) is 0 Å². The second-order valence-corrected chi connectivity index (χ2v) is 4.74. The standard InChI is InChI=1S/C12H19N5O2/c1-16-7-6-15-11(16)12(19)17(8-10(13)18)9-2-4-14-5-3-9/h6-7,9,14H,2-5,8H2,1H3,(H2,13,18). The number of hydrogen-bond donors (Lipinski definition) is 2. The van der Waals surface area contributed by atoms with Gasteiger partial charge in [0.2, 0.25) is 5.91 Å². The van der Waals surface area contributed by atoms with Crippen LogP contribution < -0.4 is 11.1 Å². The van der Waals surface area contributed by atoms with Crippen molar-refractivity contribution in [3.05, 3.63) is 18.2 Å². The summed E-state index contributed by atoms with van der Waals surface area (Å²) in [4.78, 5) is 29.3. The highest BCUT2D eigenvalue weighted by molar-refractivity contribution is 5.93. The molecule has 2 rings (SSSR count). The van der Waals surface area contributed by atoms with E-state index >= 15 is 0 Å². The molecule has 19 heavy (non-hydrogen) atoms. The normalized spacial score (nSPS) is 16.3. The summed E-state index contributed by atoms with van der Waals surface area (Å²) in [5.41, 5.74) is 5.25. The summed E-state index contributed by atoms with van der Waals surface area (Å²) >= 11 is 0. The fourth-order valence-electron chi connectivity index (χ4n) is 2.35. The average Bonchev–Trinajstić information content (AvgIpc) is 2.82. The Morgan fingerprint density at radius 1 is 1.53 bits per heavy atom. The lowest BCUT2D eigenvalue weighted by Crippen LogP contribution is -2.49.